The van der Waals surface area contributed by atoms with Crippen LogP contribution in [0.4, 0.5) is 13.2 Å². The molecule has 1 N–H and O–H groups in total. The minimum absolute atomic E-state index is 0.0960. The van der Waals surface area contributed by atoms with Crippen molar-refractivity contribution in [1.82, 2.24) is 5.32 Å². The smallest absolute Gasteiger partial charge is 0.405 e. The molecule has 1 aromatic carbocycles. The number of para-hydroxylation sites is 1. The van der Waals surface area contributed by atoms with Gasteiger partial charge < -0.3 is 10.1 Å². The first-order valence-corrected chi connectivity index (χ1v) is 7.32. The number of hydrogen-bond donors (Lipinski definition) is 1. The second-order valence-corrected chi connectivity index (χ2v) is 6.32. The van der Waals surface area contributed by atoms with Crippen LogP contribution in [-0.4, -0.2) is 12.9 Å². The van der Waals surface area contributed by atoms with Gasteiger partial charge in [0.25, 0.3) is 0 Å². The Morgan fingerprint density at radius 1 is 1.33 bits per heavy atom. The molecule has 2 nitrogen and oxygen atoms in total. The van der Waals surface area contributed by atoms with Gasteiger partial charge >= 0.3 is 6.36 Å². The van der Waals surface area contributed by atoms with Gasteiger partial charge in [-0.05, 0) is 36.8 Å². The maximum Gasteiger partial charge on any atom is 0.573 e. The standard InChI is InChI=1S/C16H22F3NO/c1-4-9-20-14(12-10-15(12,2)3)11-7-5-6-8-13(11)21-16(17,18)19/h5-8,12,14,20H,4,9-10H2,1-3H3. The number of alkyl halides is 3. The lowest BCUT2D eigenvalue weighted by atomic mass is 9.96. The molecule has 0 bridgehead atoms. The Balaban J connectivity index is 2.27. The maximum atomic E-state index is 12.6. The van der Waals surface area contributed by atoms with Gasteiger partial charge in [0.05, 0.1) is 0 Å². The molecule has 1 fully saturated rings. The highest BCUT2D eigenvalue weighted by atomic mass is 19.4. The molecule has 1 saturated carbocycles. The van der Waals surface area contributed by atoms with Gasteiger partial charge in [0.15, 0.2) is 0 Å². The SMILES string of the molecule is CCCNC(c1ccccc1OC(F)(F)F)C1CC1(C)C. The van der Waals surface area contributed by atoms with E-state index in [0.717, 1.165) is 19.4 Å². The summed E-state index contributed by atoms with van der Waals surface area (Å²) in [5, 5.41) is 3.38. The lowest BCUT2D eigenvalue weighted by Crippen LogP contribution is -2.27. The van der Waals surface area contributed by atoms with Crippen molar-refractivity contribution >= 4 is 0 Å². The van der Waals surface area contributed by atoms with E-state index in [1.165, 1.54) is 6.07 Å². The third-order valence-electron chi connectivity index (χ3n) is 4.09. The topological polar surface area (TPSA) is 21.3 Å². The van der Waals surface area contributed by atoms with Crippen LogP contribution in [0.15, 0.2) is 24.3 Å². The van der Waals surface area contributed by atoms with Gasteiger partial charge in [-0.3, -0.25) is 0 Å². The van der Waals surface area contributed by atoms with Crippen molar-refractivity contribution in [3.63, 3.8) is 0 Å². The third kappa shape index (κ3) is 4.13. The third-order valence-corrected chi connectivity index (χ3v) is 4.09. The Kier molecular flexibility index (Phi) is 4.51. The van der Waals surface area contributed by atoms with E-state index >= 15 is 0 Å². The van der Waals surface area contributed by atoms with Crippen molar-refractivity contribution in [3.05, 3.63) is 29.8 Å². The van der Waals surface area contributed by atoms with Crippen LogP contribution in [-0.2, 0) is 0 Å². The number of halogens is 3. The van der Waals surface area contributed by atoms with Crippen molar-refractivity contribution in [1.29, 1.82) is 0 Å². The zero-order chi connectivity index (χ0) is 15.7. The quantitative estimate of drug-likeness (QED) is 0.824. The van der Waals surface area contributed by atoms with Crippen LogP contribution in [0.2, 0.25) is 0 Å². The van der Waals surface area contributed by atoms with Crippen LogP contribution in [0.1, 0.15) is 45.2 Å². The fourth-order valence-electron chi connectivity index (χ4n) is 2.80. The normalized spacial score (nSPS) is 21.9. The van der Waals surface area contributed by atoms with Crippen LogP contribution in [0.25, 0.3) is 0 Å². The van der Waals surface area contributed by atoms with Crippen molar-refractivity contribution in [2.75, 3.05) is 6.54 Å². The molecule has 0 aliphatic heterocycles. The molecule has 21 heavy (non-hydrogen) atoms. The molecule has 0 radical (unpaired) electrons. The maximum absolute atomic E-state index is 12.6. The fourth-order valence-corrected chi connectivity index (χ4v) is 2.80. The summed E-state index contributed by atoms with van der Waals surface area (Å²) in [5.74, 6) is 0.239. The van der Waals surface area contributed by atoms with Gasteiger partial charge in [-0.15, -0.1) is 13.2 Å². The minimum Gasteiger partial charge on any atom is -0.405 e. The molecule has 0 heterocycles. The molecule has 0 spiro atoms. The molecule has 2 unspecified atom stereocenters. The minimum atomic E-state index is -4.66. The summed E-state index contributed by atoms with van der Waals surface area (Å²) in [4.78, 5) is 0. The summed E-state index contributed by atoms with van der Waals surface area (Å²) in [6, 6.07) is 6.34. The van der Waals surface area contributed by atoms with E-state index in [9.17, 15) is 13.2 Å². The van der Waals surface area contributed by atoms with Gasteiger partial charge in [0, 0.05) is 11.6 Å². The van der Waals surface area contributed by atoms with Gasteiger partial charge in [-0.1, -0.05) is 39.0 Å². The number of ether oxygens (including phenoxy) is 1. The molecule has 1 aromatic rings. The molecule has 2 atom stereocenters. The highest BCUT2D eigenvalue weighted by molar-refractivity contribution is 5.38. The van der Waals surface area contributed by atoms with Gasteiger partial charge in [0.1, 0.15) is 5.75 Å². The van der Waals surface area contributed by atoms with Crippen LogP contribution in [0.3, 0.4) is 0 Å². The zero-order valence-corrected chi connectivity index (χ0v) is 12.6. The molecule has 1 aliphatic rings. The number of nitrogens with one attached hydrogen (secondary N) is 1. The van der Waals surface area contributed by atoms with Crippen LogP contribution >= 0.6 is 0 Å². The second kappa shape index (κ2) is 5.87. The largest absolute Gasteiger partial charge is 0.573 e. The van der Waals surface area contributed by atoms with Gasteiger partial charge in [-0.25, -0.2) is 0 Å². The van der Waals surface area contributed by atoms with E-state index < -0.39 is 6.36 Å². The molecular formula is C16H22F3NO. The first kappa shape index (κ1) is 16.1. The summed E-state index contributed by atoms with van der Waals surface area (Å²) in [6.45, 7) is 7.11. The predicted octanol–water partition coefficient (Wildman–Crippen LogP) is 4.67. The van der Waals surface area contributed by atoms with Crippen LogP contribution in [0, 0.1) is 11.3 Å². The number of rotatable bonds is 6. The van der Waals surface area contributed by atoms with Gasteiger partial charge in [-0.2, -0.15) is 0 Å². The average Bonchev–Trinajstić information content (AvgIpc) is 2.99. The van der Waals surface area contributed by atoms with E-state index in [0.29, 0.717) is 11.5 Å². The van der Waals surface area contributed by atoms with Crippen molar-refractivity contribution in [2.45, 2.75) is 46.0 Å². The zero-order valence-electron chi connectivity index (χ0n) is 12.6. The Morgan fingerprint density at radius 3 is 2.48 bits per heavy atom. The molecule has 0 saturated heterocycles. The molecule has 1 aliphatic carbocycles. The van der Waals surface area contributed by atoms with Crippen molar-refractivity contribution < 1.29 is 17.9 Å². The van der Waals surface area contributed by atoms with E-state index in [4.69, 9.17) is 0 Å². The Morgan fingerprint density at radius 2 is 1.95 bits per heavy atom. The Labute approximate surface area is 123 Å². The van der Waals surface area contributed by atoms with Crippen LogP contribution < -0.4 is 10.1 Å². The number of hydrogen-bond acceptors (Lipinski definition) is 2. The summed E-state index contributed by atoms with van der Waals surface area (Å²) in [5.41, 5.74) is 0.760. The molecule has 2 rings (SSSR count). The average molecular weight is 301 g/mol. The van der Waals surface area contributed by atoms with Gasteiger partial charge in [0.2, 0.25) is 0 Å². The highest BCUT2D eigenvalue weighted by Crippen LogP contribution is 2.58. The van der Waals surface area contributed by atoms with Crippen molar-refractivity contribution in [2.24, 2.45) is 11.3 Å². The predicted molar refractivity (Wildman–Crippen MR) is 76.0 cm³/mol. The fraction of sp³-hybridized carbons (Fsp3) is 0.625. The summed E-state index contributed by atoms with van der Waals surface area (Å²) in [7, 11) is 0. The molecule has 0 aromatic heterocycles. The summed E-state index contributed by atoms with van der Waals surface area (Å²) >= 11 is 0. The van der Waals surface area contributed by atoms with E-state index in [1.807, 2.05) is 6.92 Å². The molecular weight excluding hydrogens is 279 g/mol. The molecule has 0 amide bonds. The summed E-state index contributed by atoms with van der Waals surface area (Å²) < 4.78 is 41.9. The van der Waals surface area contributed by atoms with E-state index in [-0.39, 0.29) is 17.2 Å². The first-order valence-electron chi connectivity index (χ1n) is 7.32. The first-order chi connectivity index (χ1) is 9.74. The lowest BCUT2D eigenvalue weighted by Gasteiger charge is -2.23. The van der Waals surface area contributed by atoms with Crippen molar-refractivity contribution in [3.8, 4) is 5.75 Å². The monoisotopic (exact) mass is 301 g/mol. The van der Waals surface area contributed by atoms with E-state index in [2.05, 4.69) is 23.9 Å². The lowest BCUT2D eigenvalue weighted by molar-refractivity contribution is -0.275. The Bertz CT molecular complexity index is 485. The summed E-state index contributed by atoms with van der Waals surface area (Å²) in [6.07, 6.45) is -2.72. The second-order valence-electron chi connectivity index (χ2n) is 6.32. The molecule has 118 valence electrons. The van der Waals surface area contributed by atoms with E-state index in [1.54, 1.807) is 18.2 Å². The number of benzene rings is 1. The highest BCUT2D eigenvalue weighted by Gasteiger charge is 2.51. The molecule has 5 heteroatoms. The Hall–Kier alpha value is -1.23. The van der Waals surface area contributed by atoms with Crippen LogP contribution in [0.5, 0.6) is 5.75 Å².